The second kappa shape index (κ2) is 6.13. The molecule has 1 aromatic heterocycles. The number of hydrogen-bond acceptors (Lipinski definition) is 3. The standard InChI is InChI=1S/C17H26N2O/c1-2-19-15-12-16(20-14-8-7-11-18-13-14)17(15)9-5-3-4-6-10-17/h7-8,11,13,15-16,19H,2-6,9-10,12H2,1H3. The lowest BCUT2D eigenvalue weighted by Crippen LogP contribution is -2.64. The first-order chi connectivity index (χ1) is 9.85. The van der Waals surface area contributed by atoms with Gasteiger partial charge in [-0.3, -0.25) is 4.98 Å². The largest absolute Gasteiger partial charge is 0.488 e. The van der Waals surface area contributed by atoms with Crippen LogP contribution in [0.3, 0.4) is 0 Å². The van der Waals surface area contributed by atoms with Crippen LogP contribution >= 0.6 is 0 Å². The molecule has 1 spiro atoms. The Morgan fingerprint density at radius 3 is 2.75 bits per heavy atom. The van der Waals surface area contributed by atoms with Crippen molar-refractivity contribution in [2.75, 3.05) is 6.54 Å². The highest BCUT2D eigenvalue weighted by molar-refractivity contribution is 5.19. The number of hydrogen-bond donors (Lipinski definition) is 1. The molecule has 0 bridgehead atoms. The third-order valence-corrected chi connectivity index (χ3v) is 5.18. The molecule has 2 aliphatic carbocycles. The maximum Gasteiger partial charge on any atom is 0.138 e. The van der Waals surface area contributed by atoms with Crippen LogP contribution in [0.2, 0.25) is 0 Å². The summed E-state index contributed by atoms with van der Waals surface area (Å²) in [5.41, 5.74) is 0.363. The van der Waals surface area contributed by atoms with E-state index < -0.39 is 0 Å². The smallest absolute Gasteiger partial charge is 0.138 e. The predicted octanol–water partition coefficient (Wildman–Crippen LogP) is 3.55. The Labute approximate surface area is 122 Å². The molecule has 0 aromatic carbocycles. The molecular formula is C17H26N2O. The van der Waals surface area contributed by atoms with Crippen molar-refractivity contribution in [3.05, 3.63) is 24.5 Å². The zero-order chi connectivity index (χ0) is 13.8. The first kappa shape index (κ1) is 13.9. The Kier molecular flexibility index (Phi) is 4.25. The van der Waals surface area contributed by atoms with E-state index in [1.807, 2.05) is 18.3 Å². The number of rotatable bonds is 4. The van der Waals surface area contributed by atoms with Crippen LogP contribution in [0.1, 0.15) is 51.9 Å². The summed E-state index contributed by atoms with van der Waals surface area (Å²) < 4.78 is 6.27. The van der Waals surface area contributed by atoms with Crippen molar-refractivity contribution in [1.82, 2.24) is 10.3 Å². The molecule has 3 nitrogen and oxygen atoms in total. The topological polar surface area (TPSA) is 34.1 Å². The molecule has 3 rings (SSSR count). The number of aromatic nitrogens is 1. The second-order valence-corrected chi connectivity index (χ2v) is 6.29. The number of pyridine rings is 1. The minimum atomic E-state index is 0.363. The summed E-state index contributed by atoms with van der Waals surface area (Å²) in [6.45, 7) is 3.27. The van der Waals surface area contributed by atoms with E-state index in [0.29, 0.717) is 17.6 Å². The van der Waals surface area contributed by atoms with Gasteiger partial charge in [-0.05, 0) is 31.5 Å². The Morgan fingerprint density at radius 1 is 1.30 bits per heavy atom. The lowest BCUT2D eigenvalue weighted by Gasteiger charge is -2.55. The highest BCUT2D eigenvalue weighted by atomic mass is 16.5. The van der Waals surface area contributed by atoms with E-state index in [4.69, 9.17) is 4.74 Å². The SMILES string of the molecule is CCNC1CC(Oc2cccnc2)C12CCCCCC2. The highest BCUT2D eigenvalue weighted by Gasteiger charge is 2.55. The molecule has 3 heteroatoms. The van der Waals surface area contributed by atoms with Crippen molar-refractivity contribution in [1.29, 1.82) is 0 Å². The van der Waals surface area contributed by atoms with E-state index in [0.717, 1.165) is 18.7 Å². The van der Waals surface area contributed by atoms with E-state index in [2.05, 4.69) is 17.2 Å². The average Bonchev–Trinajstić information content (AvgIpc) is 2.75. The summed E-state index contributed by atoms with van der Waals surface area (Å²) in [6, 6.07) is 4.63. The van der Waals surface area contributed by atoms with Crippen LogP contribution in [-0.2, 0) is 0 Å². The Hall–Kier alpha value is -1.09. The van der Waals surface area contributed by atoms with Gasteiger partial charge < -0.3 is 10.1 Å². The third-order valence-electron chi connectivity index (χ3n) is 5.18. The first-order valence-electron chi connectivity index (χ1n) is 8.15. The molecule has 1 aromatic rings. The van der Waals surface area contributed by atoms with E-state index in [-0.39, 0.29) is 0 Å². The van der Waals surface area contributed by atoms with Crippen molar-refractivity contribution in [3.63, 3.8) is 0 Å². The quantitative estimate of drug-likeness (QED) is 0.911. The molecule has 2 atom stereocenters. The monoisotopic (exact) mass is 274 g/mol. The fraction of sp³-hybridized carbons (Fsp3) is 0.706. The van der Waals surface area contributed by atoms with E-state index in [1.54, 1.807) is 6.20 Å². The van der Waals surface area contributed by atoms with Gasteiger partial charge in [-0.15, -0.1) is 0 Å². The minimum Gasteiger partial charge on any atom is -0.488 e. The first-order valence-corrected chi connectivity index (χ1v) is 8.15. The molecular weight excluding hydrogens is 248 g/mol. The van der Waals surface area contributed by atoms with Gasteiger partial charge in [0.15, 0.2) is 0 Å². The van der Waals surface area contributed by atoms with Crippen LogP contribution in [0, 0.1) is 5.41 Å². The third kappa shape index (κ3) is 2.56. The molecule has 110 valence electrons. The zero-order valence-corrected chi connectivity index (χ0v) is 12.5. The Bertz CT molecular complexity index is 412. The lowest BCUT2D eigenvalue weighted by atomic mass is 9.57. The van der Waals surface area contributed by atoms with Crippen molar-refractivity contribution in [2.24, 2.45) is 5.41 Å². The molecule has 2 aliphatic rings. The minimum absolute atomic E-state index is 0.363. The van der Waals surface area contributed by atoms with Crippen LogP contribution in [0.25, 0.3) is 0 Å². The Morgan fingerprint density at radius 2 is 2.10 bits per heavy atom. The molecule has 0 amide bonds. The van der Waals surface area contributed by atoms with E-state index >= 15 is 0 Å². The van der Waals surface area contributed by atoms with Crippen molar-refractivity contribution in [2.45, 2.75) is 64.0 Å². The van der Waals surface area contributed by atoms with Crippen LogP contribution in [0.4, 0.5) is 0 Å². The maximum absolute atomic E-state index is 6.27. The van der Waals surface area contributed by atoms with Crippen LogP contribution in [0.5, 0.6) is 5.75 Å². The zero-order valence-electron chi connectivity index (χ0n) is 12.5. The molecule has 2 saturated carbocycles. The fourth-order valence-electron chi connectivity index (χ4n) is 4.08. The maximum atomic E-state index is 6.27. The van der Waals surface area contributed by atoms with Crippen molar-refractivity contribution >= 4 is 0 Å². The van der Waals surface area contributed by atoms with Gasteiger partial charge in [0.1, 0.15) is 11.9 Å². The highest BCUT2D eigenvalue weighted by Crippen LogP contribution is 2.52. The Balaban J connectivity index is 1.73. The van der Waals surface area contributed by atoms with Crippen LogP contribution in [-0.4, -0.2) is 23.7 Å². The lowest BCUT2D eigenvalue weighted by molar-refractivity contribution is -0.0901. The molecule has 2 unspecified atom stereocenters. The van der Waals surface area contributed by atoms with Gasteiger partial charge in [-0.2, -0.15) is 0 Å². The number of ether oxygens (including phenoxy) is 1. The van der Waals surface area contributed by atoms with Gasteiger partial charge in [0.25, 0.3) is 0 Å². The summed E-state index contributed by atoms with van der Waals surface area (Å²) in [4.78, 5) is 4.16. The molecule has 2 fully saturated rings. The van der Waals surface area contributed by atoms with Gasteiger partial charge >= 0.3 is 0 Å². The van der Waals surface area contributed by atoms with Gasteiger partial charge in [0, 0.05) is 24.1 Å². The van der Waals surface area contributed by atoms with E-state index in [1.165, 1.54) is 38.5 Å². The fourth-order valence-corrected chi connectivity index (χ4v) is 4.08. The number of nitrogens with zero attached hydrogens (tertiary/aromatic N) is 1. The van der Waals surface area contributed by atoms with Crippen molar-refractivity contribution in [3.8, 4) is 5.75 Å². The summed E-state index contributed by atoms with van der Waals surface area (Å²) >= 11 is 0. The van der Waals surface area contributed by atoms with E-state index in [9.17, 15) is 0 Å². The van der Waals surface area contributed by atoms with Gasteiger partial charge in [0.05, 0.1) is 6.20 Å². The second-order valence-electron chi connectivity index (χ2n) is 6.29. The van der Waals surface area contributed by atoms with Crippen molar-refractivity contribution < 1.29 is 4.74 Å². The number of nitrogens with one attached hydrogen (secondary N) is 1. The van der Waals surface area contributed by atoms with Crippen LogP contribution in [0.15, 0.2) is 24.5 Å². The van der Waals surface area contributed by atoms with Crippen LogP contribution < -0.4 is 10.1 Å². The molecule has 0 saturated heterocycles. The van der Waals surface area contributed by atoms with Gasteiger partial charge in [0.2, 0.25) is 0 Å². The van der Waals surface area contributed by atoms with Gasteiger partial charge in [-0.1, -0.05) is 32.6 Å². The molecule has 1 N–H and O–H groups in total. The summed E-state index contributed by atoms with van der Waals surface area (Å²) in [5.74, 6) is 0.927. The molecule has 0 aliphatic heterocycles. The average molecular weight is 274 g/mol. The van der Waals surface area contributed by atoms with Gasteiger partial charge in [-0.25, -0.2) is 0 Å². The molecule has 1 heterocycles. The summed E-state index contributed by atoms with van der Waals surface area (Å²) in [5, 5.41) is 3.69. The summed E-state index contributed by atoms with van der Waals surface area (Å²) in [6.07, 6.45) is 13.3. The predicted molar refractivity (Wildman–Crippen MR) is 80.9 cm³/mol. The normalized spacial score (nSPS) is 28.6. The molecule has 0 radical (unpaired) electrons. The molecule has 20 heavy (non-hydrogen) atoms. The summed E-state index contributed by atoms with van der Waals surface area (Å²) in [7, 11) is 0.